The molecule has 28 heavy (non-hydrogen) atoms. The first-order chi connectivity index (χ1) is 13.4. The molecule has 1 unspecified atom stereocenters. The van der Waals surface area contributed by atoms with E-state index in [2.05, 4.69) is 26.0 Å². The van der Waals surface area contributed by atoms with Gasteiger partial charge in [0.2, 0.25) is 10.0 Å². The van der Waals surface area contributed by atoms with E-state index < -0.39 is 10.0 Å². The SMILES string of the molecule is O=C(c1cc(S(=O)(=O)NC2CC2)ccc1Br)N1CCC(Nc2ccccc2)C1. The smallest absolute Gasteiger partial charge is 0.255 e. The molecule has 1 saturated carbocycles. The van der Waals surface area contributed by atoms with E-state index in [4.69, 9.17) is 0 Å². The summed E-state index contributed by atoms with van der Waals surface area (Å²) in [6, 6.07) is 14.7. The highest BCUT2D eigenvalue weighted by molar-refractivity contribution is 9.10. The zero-order chi connectivity index (χ0) is 19.7. The van der Waals surface area contributed by atoms with Gasteiger partial charge in [-0.05, 0) is 65.5 Å². The van der Waals surface area contributed by atoms with Crippen LogP contribution in [-0.2, 0) is 10.0 Å². The van der Waals surface area contributed by atoms with E-state index in [-0.39, 0.29) is 22.9 Å². The van der Waals surface area contributed by atoms with Crippen molar-refractivity contribution in [2.45, 2.75) is 36.2 Å². The third-order valence-electron chi connectivity index (χ3n) is 5.00. The van der Waals surface area contributed by atoms with Gasteiger partial charge in [-0.3, -0.25) is 4.79 Å². The molecule has 2 aliphatic rings. The normalized spacial score (nSPS) is 19.6. The number of carbonyl (C=O) groups is 1. The third kappa shape index (κ3) is 4.39. The van der Waals surface area contributed by atoms with Crippen LogP contribution in [-0.4, -0.2) is 44.4 Å². The average Bonchev–Trinajstić information content (AvgIpc) is 3.36. The number of nitrogens with one attached hydrogen (secondary N) is 2. The van der Waals surface area contributed by atoms with Crippen molar-refractivity contribution in [2.24, 2.45) is 0 Å². The average molecular weight is 464 g/mol. The summed E-state index contributed by atoms with van der Waals surface area (Å²) in [5.74, 6) is -0.160. The van der Waals surface area contributed by atoms with E-state index in [1.807, 2.05) is 30.3 Å². The summed E-state index contributed by atoms with van der Waals surface area (Å²) in [6.07, 6.45) is 2.58. The Morgan fingerprint density at radius 1 is 1.04 bits per heavy atom. The second-order valence-corrected chi connectivity index (χ2v) is 9.85. The number of rotatable bonds is 6. The van der Waals surface area contributed by atoms with Crippen LogP contribution in [0.25, 0.3) is 0 Å². The summed E-state index contributed by atoms with van der Waals surface area (Å²) < 4.78 is 28.2. The molecule has 8 heteroatoms. The van der Waals surface area contributed by atoms with Gasteiger partial charge in [0.15, 0.2) is 0 Å². The molecule has 4 rings (SSSR count). The Morgan fingerprint density at radius 2 is 1.79 bits per heavy atom. The van der Waals surface area contributed by atoms with Gasteiger partial charge in [-0.1, -0.05) is 18.2 Å². The molecule has 2 aromatic rings. The number of likely N-dealkylation sites (tertiary alicyclic amines) is 1. The number of amides is 1. The Bertz CT molecular complexity index is 977. The van der Waals surface area contributed by atoms with Crippen molar-refractivity contribution in [1.82, 2.24) is 9.62 Å². The van der Waals surface area contributed by atoms with Crippen LogP contribution in [0.2, 0.25) is 0 Å². The highest BCUT2D eigenvalue weighted by atomic mass is 79.9. The van der Waals surface area contributed by atoms with Crippen molar-refractivity contribution in [3.05, 3.63) is 58.6 Å². The molecular formula is C20H22BrN3O3S. The number of nitrogens with zero attached hydrogens (tertiary/aromatic N) is 1. The molecule has 148 valence electrons. The second-order valence-electron chi connectivity index (χ2n) is 7.28. The number of hydrogen-bond donors (Lipinski definition) is 2. The molecule has 1 aliphatic carbocycles. The minimum Gasteiger partial charge on any atom is -0.380 e. The first-order valence-corrected chi connectivity index (χ1v) is 11.6. The summed E-state index contributed by atoms with van der Waals surface area (Å²) in [4.78, 5) is 14.9. The maximum absolute atomic E-state index is 13.0. The lowest BCUT2D eigenvalue weighted by atomic mass is 10.2. The molecule has 1 saturated heterocycles. The lowest BCUT2D eigenvalue weighted by Gasteiger charge is -2.19. The van der Waals surface area contributed by atoms with Gasteiger partial charge in [0.05, 0.1) is 10.5 Å². The van der Waals surface area contributed by atoms with E-state index >= 15 is 0 Å². The lowest BCUT2D eigenvalue weighted by molar-refractivity contribution is 0.0790. The fourth-order valence-electron chi connectivity index (χ4n) is 3.33. The minimum atomic E-state index is -3.60. The van der Waals surface area contributed by atoms with Crippen LogP contribution >= 0.6 is 15.9 Å². The van der Waals surface area contributed by atoms with Crippen molar-refractivity contribution in [1.29, 1.82) is 0 Å². The largest absolute Gasteiger partial charge is 0.380 e. The van der Waals surface area contributed by atoms with Crippen molar-refractivity contribution in [3.63, 3.8) is 0 Å². The fraction of sp³-hybridized carbons (Fsp3) is 0.350. The monoisotopic (exact) mass is 463 g/mol. The number of benzene rings is 2. The number of para-hydroxylation sites is 1. The standard InChI is InChI=1S/C20H22BrN3O3S/c21-19-9-8-17(28(26,27)23-15-6-7-15)12-18(19)20(25)24-11-10-16(13-24)22-14-4-2-1-3-5-14/h1-5,8-9,12,15-16,22-23H,6-7,10-11,13H2. The molecule has 2 N–H and O–H groups in total. The van der Waals surface area contributed by atoms with Crippen LogP contribution in [0.1, 0.15) is 29.6 Å². The van der Waals surface area contributed by atoms with Gasteiger partial charge in [0, 0.05) is 35.3 Å². The Balaban J connectivity index is 1.48. The summed E-state index contributed by atoms with van der Waals surface area (Å²) in [5.41, 5.74) is 1.40. The van der Waals surface area contributed by atoms with Crippen LogP contribution in [0.4, 0.5) is 5.69 Å². The Kier molecular flexibility index (Phi) is 5.44. The first-order valence-electron chi connectivity index (χ1n) is 9.35. The van der Waals surface area contributed by atoms with Crippen LogP contribution in [0, 0.1) is 0 Å². The summed E-state index contributed by atoms with van der Waals surface area (Å²) in [6.45, 7) is 1.21. The fourth-order valence-corrected chi connectivity index (χ4v) is 5.07. The van der Waals surface area contributed by atoms with Gasteiger partial charge < -0.3 is 10.2 Å². The van der Waals surface area contributed by atoms with Gasteiger partial charge in [0.1, 0.15) is 0 Å². The zero-order valence-electron chi connectivity index (χ0n) is 15.3. The molecule has 0 bridgehead atoms. The maximum atomic E-state index is 13.0. The molecule has 0 aromatic heterocycles. The van der Waals surface area contributed by atoms with Crippen molar-refractivity contribution < 1.29 is 13.2 Å². The molecule has 0 radical (unpaired) electrons. The van der Waals surface area contributed by atoms with Gasteiger partial charge in [0.25, 0.3) is 5.91 Å². The summed E-state index contributed by atoms with van der Waals surface area (Å²) in [7, 11) is -3.60. The lowest BCUT2D eigenvalue weighted by Crippen LogP contribution is -2.32. The van der Waals surface area contributed by atoms with Gasteiger partial charge in [-0.25, -0.2) is 13.1 Å². The number of sulfonamides is 1. The first kappa shape index (κ1) is 19.4. The minimum absolute atomic E-state index is 0.0243. The van der Waals surface area contributed by atoms with Crippen molar-refractivity contribution in [3.8, 4) is 0 Å². The van der Waals surface area contributed by atoms with Gasteiger partial charge >= 0.3 is 0 Å². The predicted molar refractivity (Wildman–Crippen MR) is 112 cm³/mol. The van der Waals surface area contributed by atoms with E-state index in [9.17, 15) is 13.2 Å². The molecule has 2 fully saturated rings. The van der Waals surface area contributed by atoms with Crippen LogP contribution in [0.15, 0.2) is 57.9 Å². The van der Waals surface area contributed by atoms with E-state index in [1.165, 1.54) is 12.1 Å². The summed E-state index contributed by atoms with van der Waals surface area (Å²) >= 11 is 3.40. The number of halogens is 1. The highest BCUT2D eigenvalue weighted by Crippen LogP contribution is 2.27. The Morgan fingerprint density at radius 3 is 2.50 bits per heavy atom. The topological polar surface area (TPSA) is 78.5 Å². The van der Waals surface area contributed by atoms with Gasteiger partial charge in [-0.15, -0.1) is 0 Å². The van der Waals surface area contributed by atoms with E-state index in [0.29, 0.717) is 23.1 Å². The highest BCUT2D eigenvalue weighted by Gasteiger charge is 2.31. The van der Waals surface area contributed by atoms with Crippen molar-refractivity contribution >= 4 is 37.5 Å². The molecular weight excluding hydrogens is 442 g/mol. The third-order valence-corrected chi connectivity index (χ3v) is 7.21. The Hall–Kier alpha value is -1.90. The molecule has 6 nitrogen and oxygen atoms in total. The molecule has 1 heterocycles. The molecule has 1 atom stereocenters. The summed E-state index contributed by atoms with van der Waals surface area (Å²) in [5, 5.41) is 3.44. The number of carbonyl (C=O) groups excluding carboxylic acids is 1. The number of hydrogen-bond acceptors (Lipinski definition) is 4. The quantitative estimate of drug-likeness (QED) is 0.689. The molecule has 1 amide bonds. The zero-order valence-corrected chi connectivity index (χ0v) is 17.7. The van der Waals surface area contributed by atoms with Gasteiger partial charge in [-0.2, -0.15) is 0 Å². The molecule has 1 aliphatic heterocycles. The van der Waals surface area contributed by atoms with E-state index in [0.717, 1.165) is 24.9 Å². The maximum Gasteiger partial charge on any atom is 0.255 e. The van der Waals surface area contributed by atoms with Crippen molar-refractivity contribution in [2.75, 3.05) is 18.4 Å². The predicted octanol–water partition coefficient (Wildman–Crippen LogP) is 3.22. The van der Waals surface area contributed by atoms with Crippen LogP contribution < -0.4 is 10.0 Å². The number of anilines is 1. The Labute approximate surface area is 173 Å². The van der Waals surface area contributed by atoms with E-state index in [1.54, 1.807) is 11.0 Å². The van der Waals surface area contributed by atoms with Crippen LogP contribution in [0.3, 0.4) is 0 Å². The molecule has 0 spiro atoms. The van der Waals surface area contributed by atoms with Crippen LogP contribution in [0.5, 0.6) is 0 Å². The second kappa shape index (κ2) is 7.85. The molecule has 2 aromatic carbocycles.